The third-order valence-electron chi connectivity index (χ3n) is 4.11. The number of aliphatic carboxylic acids is 1. The van der Waals surface area contributed by atoms with E-state index in [2.05, 4.69) is 9.88 Å². The fraction of sp³-hybridized carbons (Fsp3) is 0.333. The number of benzene rings is 1. The summed E-state index contributed by atoms with van der Waals surface area (Å²) in [4.78, 5) is 28.1. The van der Waals surface area contributed by atoms with Crippen molar-refractivity contribution in [3.63, 3.8) is 0 Å². The molecule has 1 aromatic carbocycles. The van der Waals surface area contributed by atoms with Crippen molar-refractivity contribution in [2.45, 2.75) is 12.8 Å². The number of hydrogen-bond donors (Lipinski definition) is 1. The first-order valence-corrected chi connectivity index (χ1v) is 7.08. The van der Waals surface area contributed by atoms with Gasteiger partial charge in [-0.25, -0.2) is 0 Å². The van der Waals surface area contributed by atoms with Crippen molar-refractivity contribution in [3.05, 3.63) is 40.6 Å². The Bertz CT molecular complexity index is 739. The number of piperidine rings is 1. The number of nitro groups is 1. The average molecular weight is 301 g/mol. The molecular formula is C15H15N3O4. The van der Waals surface area contributed by atoms with Crippen molar-refractivity contribution < 1.29 is 14.8 Å². The summed E-state index contributed by atoms with van der Waals surface area (Å²) < 4.78 is 0. The van der Waals surface area contributed by atoms with E-state index in [9.17, 15) is 14.9 Å². The van der Waals surface area contributed by atoms with E-state index in [1.807, 2.05) is 0 Å². The Morgan fingerprint density at radius 1 is 1.32 bits per heavy atom. The first-order chi connectivity index (χ1) is 10.6. The molecule has 1 saturated heterocycles. The summed E-state index contributed by atoms with van der Waals surface area (Å²) in [5.41, 5.74) is 1.45. The molecule has 0 unspecified atom stereocenters. The van der Waals surface area contributed by atoms with Gasteiger partial charge in [0.15, 0.2) is 0 Å². The molecule has 1 fully saturated rings. The van der Waals surface area contributed by atoms with Crippen molar-refractivity contribution in [2.24, 2.45) is 5.92 Å². The normalized spacial score (nSPS) is 15.9. The number of anilines is 1. The largest absolute Gasteiger partial charge is 0.481 e. The Labute approximate surface area is 126 Å². The fourth-order valence-electron chi connectivity index (χ4n) is 2.92. The molecule has 0 spiro atoms. The molecule has 0 saturated carbocycles. The first kappa shape index (κ1) is 14.2. The average Bonchev–Trinajstić information content (AvgIpc) is 2.53. The van der Waals surface area contributed by atoms with Crippen LogP contribution < -0.4 is 4.90 Å². The van der Waals surface area contributed by atoms with Crippen LogP contribution >= 0.6 is 0 Å². The number of nitro benzene ring substituents is 1. The van der Waals surface area contributed by atoms with Gasteiger partial charge < -0.3 is 10.0 Å². The molecule has 0 radical (unpaired) electrons. The summed E-state index contributed by atoms with van der Waals surface area (Å²) in [5, 5.41) is 20.7. The fourth-order valence-corrected chi connectivity index (χ4v) is 2.92. The van der Waals surface area contributed by atoms with Gasteiger partial charge in [0, 0.05) is 25.4 Å². The molecule has 2 aromatic rings. The molecule has 114 valence electrons. The second-order valence-corrected chi connectivity index (χ2v) is 5.36. The Kier molecular flexibility index (Phi) is 3.62. The van der Waals surface area contributed by atoms with Gasteiger partial charge in [0.1, 0.15) is 5.52 Å². The van der Waals surface area contributed by atoms with Crippen LogP contribution in [-0.2, 0) is 4.79 Å². The zero-order valence-electron chi connectivity index (χ0n) is 11.8. The molecule has 22 heavy (non-hydrogen) atoms. The van der Waals surface area contributed by atoms with E-state index in [1.54, 1.807) is 24.4 Å². The maximum absolute atomic E-state index is 11.1. The van der Waals surface area contributed by atoms with Gasteiger partial charge >= 0.3 is 5.97 Å². The van der Waals surface area contributed by atoms with E-state index >= 15 is 0 Å². The van der Waals surface area contributed by atoms with Gasteiger partial charge in [-0.2, -0.15) is 0 Å². The number of aromatic nitrogens is 1. The number of carboxylic acid groups (broad SMARTS) is 1. The summed E-state index contributed by atoms with van der Waals surface area (Å²) >= 11 is 0. The van der Waals surface area contributed by atoms with E-state index in [0.29, 0.717) is 36.8 Å². The van der Waals surface area contributed by atoms with Crippen LogP contribution in [0.3, 0.4) is 0 Å². The van der Waals surface area contributed by atoms with Crippen molar-refractivity contribution in [2.75, 3.05) is 18.0 Å². The highest BCUT2D eigenvalue weighted by Gasteiger charge is 2.26. The number of rotatable bonds is 3. The molecule has 1 N–H and O–H groups in total. The molecule has 1 aromatic heterocycles. The van der Waals surface area contributed by atoms with Crippen LogP contribution in [0.15, 0.2) is 30.5 Å². The summed E-state index contributed by atoms with van der Waals surface area (Å²) in [5.74, 6) is -1.07. The van der Waals surface area contributed by atoms with Crippen LogP contribution in [0.1, 0.15) is 12.8 Å². The number of carboxylic acids is 1. The lowest BCUT2D eigenvalue weighted by molar-refractivity contribution is -0.383. The minimum atomic E-state index is -0.758. The topological polar surface area (TPSA) is 96.6 Å². The van der Waals surface area contributed by atoms with E-state index < -0.39 is 10.9 Å². The van der Waals surface area contributed by atoms with Crippen LogP contribution in [0.2, 0.25) is 0 Å². The predicted octanol–water partition coefficient (Wildman–Crippen LogP) is 2.44. The monoisotopic (exact) mass is 301 g/mol. The van der Waals surface area contributed by atoms with Crippen molar-refractivity contribution in [1.29, 1.82) is 0 Å². The van der Waals surface area contributed by atoms with E-state index in [4.69, 9.17) is 5.11 Å². The number of fused-ring (bicyclic) bond motifs is 1. The van der Waals surface area contributed by atoms with E-state index in [1.165, 1.54) is 6.07 Å². The molecule has 0 atom stereocenters. The van der Waals surface area contributed by atoms with Crippen LogP contribution in [0, 0.1) is 16.0 Å². The predicted molar refractivity (Wildman–Crippen MR) is 81.0 cm³/mol. The van der Waals surface area contributed by atoms with Gasteiger partial charge in [-0.3, -0.25) is 19.9 Å². The molecule has 0 amide bonds. The van der Waals surface area contributed by atoms with Crippen molar-refractivity contribution >= 4 is 28.2 Å². The molecule has 7 nitrogen and oxygen atoms in total. The van der Waals surface area contributed by atoms with Gasteiger partial charge in [-0.1, -0.05) is 0 Å². The van der Waals surface area contributed by atoms with Gasteiger partial charge in [0.25, 0.3) is 5.69 Å². The minimum Gasteiger partial charge on any atom is -0.481 e. The van der Waals surface area contributed by atoms with Gasteiger partial charge in [0.05, 0.1) is 21.9 Å². The minimum absolute atomic E-state index is 0.0345. The summed E-state index contributed by atoms with van der Waals surface area (Å²) in [6.07, 6.45) is 2.75. The maximum Gasteiger partial charge on any atom is 0.306 e. The SMILES string of the molecule is O=C(O)C1CCN(c2ccc([N+](=O)[O-])c3cccnc23)CC1. The quantitative estimate of drug-likeness (QED) is 0.691. The van der Waals surface area contributed by atoms with Crippen molar-refractivity contribution in [3.8, 4) is 0 Å². The number of carbonyl (C=O) groups is 1. The standard InChI is InChI=1S/C15H15N3O4/c19-15(20)10-5-8-17(9-6-10)13-4-3-12(18(21)22)11-2-1-7-16-14(11)13/h1-4,7,10H,5-6,8-9H2,(H,19,20). The van der Waals surface area contributed by atoms with Crippen LogP contribution in [0.25, 0.3) is 10.9 Å². The number of hydrogen-bond acceptors (Lipinski definition) is 5. The number of pyridine rings is 1. The highest BCUT2D eigenvalue weighted by molar-refractivity contribution is 5.97. The number of nitrogens with zero attached hydrogens (tertiary/aromatic N) is 3. The lowest BCUT2D eigenvalue weighted by Crippen LogP contribution is -2.36. The van der Waals surface area contributed by atoms with Crippen LogP contribution in [-0.4, -0.2) is 34.1 Å². The second kappa shape index (κ2) is 5.59. The number of non-ortho nitro benzene ring substituents is 1. The zero-order valence-corrected chi connectivity index (χ0v) is 11.8. The van der Waals surface area contributed by atoms with Gasteiger partial charge in [0.2, 0.25) is 0 Å². The summed E-state index contributed by atoms with van der Waals surface area (Å²) in [6, 6.07) is 6.56. The smallest absolute Gasteiger partial charge is 0.306 e. The lowest BCUT2D eigenvalue weighted by atomic mass is 9.96. The molecule has 7 heteroatoms. The molecular weight excluding hydrogens is 286 g/mol. The third kappa shape index (κ3) is 2.45. The van der Waals surface area contributed by atoms with E-state index in [0.717, 1.165) is 5.69 Å². The van der Waals surface area contributed by atoms with Gasteiger partial charge in [-0.15, -0.1) is 0 Å². The van der Waals surface area contributed by atoms with E-state index in [-0.39, 0.29) is 11.6 Å². The summed E-state index contributed by atoms with van der Waals surface area (Å²) in [6.45, 7) is 1.22. The molecule has 3 rings (SSSR count). The second-order valence-electron chi connectivity index (χ2n) is 5.36. The van der Waals surface area contributed by atoms with Crippen LogP contribution in [0.5, 0.6) is 0 Å². The van der Waals surface area contributed by atoms with Crippen molar-refractivity contribution in [1.82, 2.24) is 4.98 Å². The highest BCUT2D eigenvalue weighted by Crippen LogP contribution is 2.33. The Morgan fingerprint density at radius 3 is 2.68 bits per heavy atom. The highest BCUT2D eigenvalue weighted by atomic mass is 16.6. The molecule has 1 aliphatic heterocycles. The van der Waals surface area contributed by atoms with Crippen LogP contribution in [0.4, 0.5) is 11.4 Å². The maximum atomic E-state index is 11.1. The molecule has 0 bridgehead atoms. The molecule has 2 heterocycles. The Balaban J connectivity index is 1.97. The summed E-state index contributed by atoms with van der Waals surface area (Å²) in [7, 11) is 0. The lowest BCUT2D eigenvalue weighted by Gasteiger charge is -2.32. The Morgan fingerprint density at radius 2 is 2.05 bits per heavy atom. The zero-order chi connectivity index (χ0) is 15.7. The molecule has 0 aliphatic carbocycles. The Hall–Kier alpha value is -2.70. The molecule has 1 aliphatic rings. The first-order valence-electron chi connectivity index (χ1n) is 7.08. The third-order valence-corrected chi connectivity index (χ3v) is 4.11. The van der Waals surface area contributed by atoms with Gasteiger partial charge in [-0.05, 0) is 31.0 Å².